The van der Waals surface area contributed by atoms with Gasteiger partial charge in [-0.1, -0.05) is 0 Å². The second-order valence-electron chi connectivity index (χ2n) is 5.89. The van der Waals surface area contributed by atoms with Crippen LogP contribution >= 0.6 is 0 Å². The Kier molecular flexibility index (Phi) is 4.69. The minimum absolute atomic E-state index is 0.135. The number of hydrogen-bond acceptors (Lipinski definition) is 7. The number of aromatic nitrogens is 2. The molecular formula is C14H23N5O3S. The van der Waals surface area contributed by atoms with E-state index in [1.165, 1.54) is 4.31 Å². The van der Waals surface area contributed by atoms with Crippen molar-refractivity contribution < 1.29 is 13.5 Å². The van der Waals surface area contributed by atoms with Crippen molar-refractivity contribution >= 4 is 21.8 Å². The molecule has 2 aliphatic heterocycles. The second-order valence-corrected chi connectivity index (χ2v) is 8.15. The summed E-state index contributed by atoms with van der Waals surface area (Å²) in [5.41, 5.74) is 0. The highest BCUT2D eigenvalue weighted by Gasteiger charge is 2.27. The van der Waals surface area contributed by atoms with Crippen molar-refractivity contribution in [1.29, 1.82) is 0 Å². The van der Waals surface area contributed by atoms with Gasteiger partial charge in [-0.05, 0) is 19.4 Å². The van der Waals surface area contributed by atoms with Gasteiger partial charge in [0, 0.05) is 45.5 Å². The van der Waals surface area contributed by atoms with Crippen molar-refractivity contribution in [3.05, 3.63) is 12.3 Å². The molecule has 0 amide bonds. The van der Waals surface area contributed by atoms with Crippen molar-refractivity contribution in [2.24, 2.45) is 0 Å². The molecule has 0 radical (unpaired) electrons. The van der Waals surface area contributed by atoms with Gasteiger partial charge in [0.25, 0.3) is 0 Å². The van der Waals surface area contributed by atoms with E-state index in [4.69, 9.17) is 0 Å². The van der Waals surface area contributed by atoms with Gasteiger partial charge in [0.15, 0.2) is 0 Å². The van der Waals surface area contributed by atoms with E-state index in [0.29, 0.717) is 38.7 Å². The smallest absolute Gasteiger partial charge is 0.227 e. The van der Waals surface area contributed by atoms with Crippen molar-refractivity contribution in [2.45, 2.75) is 19.4 Å². The van der Waals surface area contributed by atoms with Crippen LogP contribution in [0.15, 0.2) is 12.3 Å². The molecule has 3 heterocycles. The average Bonchev–Trinajstić information content (AvgIpc) is 3.02. The molecule has 1 aromatic rings. The minimum atomic E-state index is -3.12. The summed E-state index contributed by atoms with van der Waals surface area (Å²) in [4.78, 5) is 13.0. The van der Waals surface area contributed by atoms with Crippen molar-refractivity contribution in [3.8, 4) is 0 Å². The lowest BCUT2D eigenvalue weighted by Crippen LogP contribution is -2.49. The summed E-state index contributed by atoms with van der Waals surface area (Å²) in [7, 11) is -3.12. The molecule has 0 aliphatic carbocycles. The van der Waals surface area contributed by atoms with E-state index in [1.54, 1.807) is 13.1 Å². The van der Waals surface area contributed by atoms with E-state index < -0.39 is 10.0 Å². The molecule has 0 spiro atoms. The number of nitrogens with zero attached hydrogens (tertiary/aromatic N) is 5. The van der Waals surface area contributed by atoms with E-state index in [9.17, 15) is 13.5 Å². The molecule has 3 rings (SSSR count). The van der Waals surface area contributed by atoms with Gasteiger partial charge in [0.1, 0.15) is 5.82 Å². The summed E-state index contributed by atoms with van der Waals surface area (Å²) in [6.07, 6.45) is 2.18. The molecule has 0 aromatic carbocycles. The van der Waals surface area contributed by atoms with E-state index in [1.807, 2.05) is 15.9 Å². The summed E-state index contributed by atoms with van der Waals surface area (Å²) < 4.78 is 25.3. The molecule has 9 heteroatoms. The van der Waals surface area contributed by atoms with Crippen LogP contribution in [0.3, 0.4) is 0 Å². The van der Waals surface area contributed by atoms with Gasteiger partial charge in [-0.15, -0.1) is 0 Å². The Morgan fingerprint density at radius 2 is 1.96 bits per heavy atom. The predicted molar refractivity (Wildman–Crippen MR) is 88.1 cm³/mol. The van der Waals surface area contributed by atoms with E-state index in [2.05, 4.69) is 9.97 Å². The Bertz CT molecular complexity index is 646. The van der Waals surface area contributed by atoms with Crippen LogP contribution in [0.25, 0.3) is 0 Å². The van der Waals surface area contributed by atoms with Crippen LogP contribution in [0.5, 0.6) is 0 Å². The van der Waals surface area contributed by atoms with Crippen LogP contribution < -0.4 is 9.80 Å². The lowest BCUT2D eigenvalue weighted by atomic mass is 10.3. The molecule has 1 unspecified atom stereocenters. The van der Waals surface area contributed by atoms with E-state index in [0.717, 1.165) is 18.8 Å². The number of aliphatic hydroxyl groups excluding tert-OH is 1. The number of sulfonamides is 1. The zero-order chi connectivity index (χ0) is 16.4. The normalized spacial score (nSPS) is 23.5. The van der Waals surface area contributed by atoms with Crippen LogP contribution in [0.1, 0.15) is 13.3 Å². The van der Waals surface area contributed by atoms with E-state index >= 15 is 0 Å². The number of aliphatic hydroxyl groups is 1. The van der Waals surface area contributed by atoms with Gasteiger partial charge in [0.2, 0.25) is 16.0 Å². The van der Waals surface area contributed by atoms with Gasteiger partial charge >= 0.3 is 0 Å². The van der Waals surface area contributed by atoms with Gasteiger partial charge in [0.05, 0.1) is 11.9 Å². The summed E-state index contributed by atoms with van der Waals surface area (Å²) in [5.74, 6) is 1.57. The van der Waals surface area contributed by atoms with Crippen molar-refractivity contribution in [3.63, 3.8) is 0 Å². The molecule has 2 saturated heterocycles. The summed E-state index contributed by atoms with van der Waals surface area (Å²) in [6.45, 7) is 5.16. The Hall–Kier alpha value is -1.45. The number of β-amino-alcohol motifs (C(OH)–C–C–N with tert-alkyl or cyclic N) is 1. The SMILES string of the molecule is CCS(=O)(=O)N1CCN(c2nccc(N3CCC(O)C3)n2)CC1. The summed E-state index contributed by atoms with van der Waals surface area (Å²) in [5, 5.41) is 9.65. The van der Waals surface area contributed by atoms with Gasteiger partial charge < -0.3 is 14.9 Å². The lowest BCUT2D eigenvalue weighted by molar-refractivity contribution is 0.198. The van der Waals surface area contributed by atoms with Gasteiger partial charge in [-0.25, -0.2) is 13.4 Å². The fourth-order valence-electron chi connectivity index (χ4n) is 2.97. The topological polar surface area (TPSA) is 89.9 Å². The monoisotopic (exact) mass is 341 g/mol. The number of hydrogen-bond donors (Lipinski definition) is 1. The van der Waals surface area contributed by atoms with Crippen LogP contribution in [0.4, 0.5) is 11.8 Å². The zero-order valence-electron chi connectivity index (χ0n) is 13.3. The number of piperazine rings is 1. The molecule has 8 nitrogen and oxygen atoms in total. The van der Waals surface area contributed by atoms with Crippen LogP contribution in [-0.4, -0.2) is 78.9 Å². The standard InChI is InChI=1S/C14H23N5O3S/c1-2-23(21,22)19-9-7-17(8-10-19)14-15-5-3-13(16-14)18-6-4-12(20)11-18/h3,5,12,20H,2,4,6-11H2,1H3. The minimum Gasteiger partial charge on any atom is -0.391 e. The maximum atomic E-state index is 11.9. The quantitative estimate of drug-likeness (QED) is 0.791. The molecule has 2 fully saturated rings. The van der Waals surface area contributed by atoms with Gasteiger partial charge in [-0.3, -0.25) is 0 Å². The fraction of sp³-hybridized carbons (Fsp3) is 0.714. The van der Waals surface area contributed by atoms with Crippen LogP contribution in [0, 0.1) is 0 Å². The molecule has 0 saturated carbocycles. The molecule has 0 bridgehead atoms. The molecule has 1 aromatic heterocycles. The Labute approximate surface area is 136 Å². The largest absolute Gasteiger partial charge is 0.391 e. The molecule has 128 valence electrons. The zero-order valence-corrected chi connectivity index (χ0v) is 14.1. The highest BCUT2D eigenvalue weighted by molar-refractivity contribution is 7.89. The molecule has 1 atom stereocenters. The third kappa shape index (κ3) is 3.56. The molecule has 1 N–H and O–H groups in total. The van der Waals surface area contributed by atoms with Crippen molar-refractivity contribution in [1.82, 2.24) is 14.3 Å². The van der Waals surface area contributed by atoms with Crippen LogP contribution in [-0.2, 0) is 10.0 Å². The highest BCUT2D eigenvalue weighted by Crippen LogP contribution is 2.21. The highest BCUT2D eigenvalue weighted by atomic mass is 32.2. The Morgan fingerprint density at radius 3 is 2.57 bits per heavy atom. The molecular weight excluding hydrogens is 318 g/mol. The first-order chi connectivity index (χ1) is 11.0. The van der Waals surface area contributed by atoms with Crippen LogP contribution in [0.2, 0.25) is 0 Å². The molecule has 23 heavy (non-hydrogen) atoms. The Balaban J connectivity index is 1.67. The maximum absolute atomic E-state index is 11.9. The third-order valence-corrected chi connectivity index (χ3v) is 6.28. The van der Waals surface area contributed by atoms with Gasteiger partial charge in [-0.2, -0.15) is 9.29 Å². The summed E-state index contributed by atoms with van der Waals surface area (Å²) in [6, 6.07) is 1.85. The maximum Gasteiger partial charge on any atom is 0.227 e. The number of rotatable bonds is 4. The third-order valence-electron chi connectivity index (χ3n) is 4.40. The Morgan fingerprint density at radius 1 is 1.22 bits per heavy atom. The first-order valence-corrected chi connectivity index (χ1v) is 9.59. The lowest BCUT2D eigenvalue weighted by Gasteiger charge is -2.34. The predicted octanol–water partition coefficient (Wildman–Crippen LogP) is -0.481. The molecule has 2 aliphatic rings. The second kappa shape index (κ2) is 6.58. The van der Waals surface area contributed by atoms with E-state index in [-0.39, 0.29) is 11.9 Å². The fourth-order valence-corrected chi connectivity index (χ4v) is 4.05. The first kappa shape index (κ1) is 16.4. The average molecular weight is 341 g/mol. The summed E-state index contributed by atoms with van der Waals surface area (Å²) >= 11 is 0. The van der Waals surface area contributed by atoms with Crippen molar-refractivity contribution in [2.75, 3.05) is 54.8 Å². The number of anilines is 2. The first-order valence-electron chi connectivity index (χ1n) is 7.98.